The third-order valence-corrected chi connectivity index (χ3v) is 14.6. The summed E-state index contributed by atoms with van der Waals surface area (Å²) in [5.41, 5.74) is 8.57. The van der Waals surface area contributed by atoms with E-state index in [1.807, 2.05) is 22.7 Å². The Morgan fingerprint density at radius 2 is 1.24 bits per heavy atom. The van der Waals surface area contributed by atoms with Crippen LogP contribution in [0.2, 0.25) is 0 Å². The van der Waals surface area contributed by atoms with Crippen LogP contribution in [-0.4, -0.2) is 115 Å². The molecule has 4 aliphatic heterocycles. The summed E-state index contributed by atoms with van der Waals surface area (Å²) in [5.74, 6) is 1.50. The lowest BCUT2D eigenvalue weighted by Gasteiger charge is -2.58. The smallest absolute Gasteiger partial charge is 0.311 e. The van der Waals surface area contributed by atoms with E-state index >= 15 is 0 Å². The SMILES string of the molecule is CC1CCCN(C(=O)C(N)=O)C1.CC1CCCNC1.CN1CC2(CC(c3nc4ccccc4s3)C2)C1.CN1CC2(CC(c3nc4ccccc4s3)C2)C1.CO. The third kappa shape index (κ3) is 10.3. The van der Waals surface area contributed by atoms with Crippen molar-refractivity contribution in [2.24, 2.45) is 28.4 Å². The van der Waals surface area contributed by atoms with Crippen molar-refractivity contribution < 1.29 is 14.7 Å². The van der Waals surface area contributed by atoms with Crippen LogP contribution in [0.4, 0.5) is 0 Å². The standard InChI is InChI=1S/2C14H16N2S.C8H14N2O2.C6H13N.CH4O/c2*1-16-8-14(9-16)6-10(7-14)13-15-11-4-2-3-5-12(11)17-13;1-6-3-2-4-10(5-6)8(12)7(9)11;1-6-3-2-4-7-5-6;1-2/h2*2-5,10H,6-9H2,1H3;6H,2-5H2,1H3,(H2,9,11);6-7H,2-5H2,1H3;2H,1H3. The van der Waals surface area contributed by atoms with Gasteiger partial charge in [-0.05, 0) is 125 Å². The number of fused-ring (bicyclic) bond motifs is 2. The van der Waals surface area contributed by atoms with Gasteiger partial charge < -0.3 is 30.9 Å². The molecule has 2 spiro atoms. The van der Waals surface area contributed by atoms with Gasteiger partial charge >= 0.3 is 11.8 Å². The average molecular weight is 790 g/mol. The molecule has 2 unspecified atom stereocenters. The minimum absolute atomic E-state index is 0.488. The minimum Gasteiger partial charge on any atom is -0.400 e. The number of likely N-dealkylation sites (tertiary alicyclic amines) is 3. The van der Waals surface area contributed by atoms with E-state index in [-0.39, 0.29) is 0 Å². The molecule has 2 aromatic carbocycles. The number of aliphatic hydroxyl groups is 1. The summed E-state index contributed by atoms with van der Waals surface area (Å²) in [4.78, 5) is 37.6. The number of nitrogens with two attached hydrogens (primary N) is 1. The Hall–Kier alpha value is -3.00. The molecule has 55 heavy (non-hydrogen) atoms. The second kappa shape index (κ2) is 18.5. The highest BCUT2D eigenvalue weighted by Crippen LogP contribution is 2.57. The Morgan fingerprint density at radius 3 is 1.60 bits per heavy atom. The lowest BCUT2D eigenvalue weighted by atomic mass is 9.58. The van der Waals surface area contributed by atoms with E-state index in [0.29, 0.717) is 29.8 Å². The minimum atomic E-state index is -0.843. The molecule has 2 amide bonds. The van der Waals surface area contributed by atoms with Crippen LogP contribution in [0, 0.1) is 22.7 Å². The van der Waals surface area contributed by atoms with E-state index in [1.165, 1.54) is 113 Å². The number of aromatic nitrogens is 2. The van der Waals surface area contributed by atoms with Crippen LogP contribution >= 0.6 is 22.7 Å². The van der Waals surface area contributed by atoms with Crippen LogP contribution in [0.15, 0.2) is 48.5 Å². The number of primary amides is 1. The fourth-order valence-corrected chi connectivity index (χ4v) is 11.9. The molecule has 300 valence electrons. The van der Waals surface area contributed by atoms with Gasteiger partial charge in [-0.15, -0.1) is 22.7 Å². The van der Waals surface area contributed by atoms with Gasteiger partial charge in [0.15, 0.2) is 0 Å². The molecule has 2 atom stereocenters. The van der Waals surface area contributed by atoms with E-state index in [9.17, 15) is 9.59 Å². The van der Waals surface area contributed by atoms with Gasteiger partial charge in [-0.1, -0.05) is 38.1 Å². The monoisotopic (exact) mass is 789 g/mol. The summed E-state index contributed by atoms with van der Waals surface area (Å²) in [6, 6.07) is 17.0. The van der Waals surface area contributed by atoms with Crippen LogP contribution in [0.3, 0.4) is 0 Å². The van der Waals surface area contributed by atoms with Crippen molar-refractivity contribution in [3.8, 4) is 0 Å². The zero-order valence-electron chi connectivity index (χ0n) is 33.6. The first-order chi connectivity index (χ1) is 26.5. The van der Waals surface area contributed by atoms with Crippen LogP contribution in [0.1, 0.15) is 87.1 Å². The number of nitrogens with zero attached hydrogens (tertiary/aromatic N) is 5. The zero-order chi connectivity index (χ0) is 39.2. The zero-order valence-corrected chi connectivity index (χ0v) is 35.3. The van der Waals surface area contributed by atoms with Gasteiger partial charge in [-0.3, -0.25) is 9.59 Å². The number of thiazole rings is 2. The molecular weight excluding hydrogens is 727 g/mol. The van der Waals surface area contributed by atoms with Crippen molar-refractivity contribution in [2.75, 3.05) is 73.6 Å². The third-order valence-electron chi connectivity index (χ3n) is 12.2. The number of amides is 2. The Morgan fingerprint density at radius 1 is 0.764 bits per heavy atom. The van der Waals surface area contributed by atoms with Crippen LogP contribution in [-0.2, 0) is 9.59 Å². The Bertz CT molecular complexity index is 1670. The van der Waals surface area contributed by atoms with Crippen LogP contribution in [0.25, 0.3) is 20.4 Å². The van der Waals surface area contributed by atoms with Crippen LogP contribution in [0.5, 0.6) is 0 Å². The molecule has 4 aromatic rings. The normalized spacial score (nSPS) is 24.2. The van der Waals surface area contributed by atoms with Gasteiger partial charge in [0, 0.05) is 58.2 Å². The Balaban J connectivity index is 0.000000128. The molecule has 6 heterocycles. The molecule has 0 bridgehead atoms. The molecule has 2 saturated carbocycles. The highest BCUT2D eigenvalue weighted by molar-refractivity contribution is 7.19. The number of hydrogen-bond acceptors (Lipinski definition) is 10. The van der Waals surface area contributed by atoms with Crippen molar-refractivity contribution in [1.82, 2.24) is 30.0 Å². The molecule has 12 heteroatoms. The number of rotatable bonds is 2. The van der Waals surface area contributed by atoms with Gasteiger partial charge in [0.2, 0.25) is 0 Å². The summed E-state index contributed by atoms with van der Waals surface area (Å²) in [6.45, 7) is 13.4. The van der Waals surface area contributed by atoms with E-state index in [2.05, 4.69) is 91.6 Å². The maximum absolute atomic E-state index is 11.1. The first-order valence-electron chi connectivity index (χ1n) is 20.3. The summed E-state index contributed by atoms with van der Waals surface area (Å²) >= 11 is 3.79. The number of piperidine rings is 2. The second-order valence-electron chi connectivity index (χ2n) is 17.4. The molecule has 2 aromatic heterocycles. The Kier molecular flexibility index (Phi) is 14.0. The number of aliphatic hydroxyl groups excluding tert-OH is 1. The predicted octanol–water partition coefficient (Wildman–Crippen LogP) is 6.56. The average Bonchev–Trinajstić information content (AvgIpc) is 3.76. The quantitative estimate of drug-likeness (QED) is 0.195. The molecule has 2 aliphatic carbocycles. The molecule has 6 aliphatic rings. The van der Waals surface area contributed by atoms with Gasteiger partial charge in [0.05, 0.1) is 30.4 Å². The van der Waals surface area contributed by atoms with E-state index in [4.69, 9.17) is 20.8 Å². The molecule has 0 radical (unpaired) electrons. The number of para-hydroxylation sites is 2. The van der Waals surface area contributed by atoms with Gasteiger partial charge in [0.1, 0.15) is 0 Å². The molecule has 10 rings (SSSR count). The highest BCUT2D eigenvalue weighted by atomic mass is 32.1. The predicted molar refractivity (Wildman–Crippen MR) is 227 cm³/mol. The first-order valence-corrected chi connectivity index (χ1v) is 21.9. The maximum atomic E-state index is 11.1. The summed E-state index contributed by atoms with van der Waals surface area (Å²) in [6.07, 6.45) is 10.3. The summed E-state index contributed by atoms with van der Waals surface area (Å²) < 4.78 is 2.68. The summed E-state index contributed by atoms with van der Waals surface area (Å²) in [7, 11) is 5.44. The number of benzene rings is 2. The van der Waals surface area contributed by atoms with E-state index < -0.39 is 11.8 Å². The van der Waals surface area contributed by atoms with Gasteiger partial charge in [0.25, 0.3) is 0 Å². The second-order valence-corrected chi connectivity index (χ2v) is 19.5. The van der Waals surface area contributed by atoms with Gasteiger partial charge in [-0.2, -0.15) is 0 Å². The maximum Gasteiger partial charge on any atom is 0.311 e. The first kappa shape index (κ1) is 41.6. The number of carbonyl (C=O) groups is 2. The number of hydrogen-bond donors (Lipinski definition) is 3. The Labute approximate surface area is 335 Å². The molecular formula is C43H63N7O3S2. The van der Waals surface area contributed by atoms with E-state index in [1.54, 1.807) is 0 Å². The van der Waals surface area contributed by atoms with E-state index in [0.717, 1.165) is 37.7 Å². The molecule has 6 fully saturated rings. The lowest BCUT2D eigenvalue weighted by molar-refractivity contribution is -0.145. The highest BCUT2D eigenvalue weighted by Gasteiger charge is 2.53. The summed E-state index contributed by atoms with van der Waals surface area (Å²) in [5, 5.41) is 13.1. The van der Waals surface area contributed by atoms with Crippen molar-refractivity contribution in [3.05, 3.63) is 58.5 Å². The topological polar surface area (TPSA) is 128 Å². The fourth-order valence-electron chi connectivity index (χ4n) is 9.72. The fraction of sp³-hybridized carbons (Fsp3) is 0.628. The van der Waals surface area contributed by atoms with Crippen molar-refractivity contribution in [3.63, 3.8) is 0 Å². The van der Waals surface area contributed by atoms with Gasteiger partial charge in [-0.25, -0.2) is 9.97 Å². The number of carbonyl (C=O) groups excluding carboxylic acids is 2. The van der Waals surface area contributed by atoms with Crippen molar-refractivity contribution >= 4 is 54.9 Å². The lowest BCUT2D eigenvalue weighted by Crippen LogP contribution is -2.59. The molecule has 4 saturated heterocycles. The number of nitrogens with one attached hydrogen (secondary N) is 1. The van der Waals surface area contributed by atoms with Crippen molar-refractivity contribution in [2.45, 2.75) is 77.0 Å². The molecule has 10 nitrogen and oxygen atoms in total. The largest absolute Gasteiger partial charge is 0.400 e. The van der Waals surface area contributed by atoms with Crippen molar-refractivity contribution in [1.29, 1.82) is 0 Å². The van der Waals surface area contributed by atoms with Crippen LogP contribution < -0.4 is 11.1 Å². The molecule has 4 N–H and O–H groups in total.